The number of piperazine rings is 1. The van der Waals surface area contributed by atoms with Crippen molar-refractivity contribution >= 4 is 39.0 Å². The van der Waals surface area contributed by atoms with Gasteiger partial charge in [-0.3, -0.25) is 4.90 Å². The minimum Gasteiger partial charge on any atom is -0.496 e. The molecule has 0 N–H and O–H groups in total. The molecule has 3 aromatic rings. The molecule has 0 bridgehead atoms. The highest BCUT2D eigenvalue weighted by atomic mass is 35.5. The second-order valence-corrected chi connectivity index (χ2v) is 11.5. The van der Waals surface area contributed by atoms with E-state index in [-0.39, 0.29) is 18.0 Å². The molecule has 2 amide bonds. The van der Waals surface area contributed by atoms with Crippen molar-refractivity contribution in [2.24, 2.45) is 0 Å². The van der Waals surface area contributed by atoms with E-state index in [1.807, 2.05) is 42.3 Å². The van der Waals surface area contributed by atoms with Gasteiger partial charge in [0.05, 0.1) is 31.6 Å². The Morgan fingerprint density at radius 1 is 0.892 bits per heavy atom. The molecule has 8 nitrogen and oxygen atoms in total. The van der Waals surface area contributed by atoms with Crippen molar-refractivity contribution < 1.29 is 17.9 Å². The molecule has 2 aliphatic heterocycles. The van der Waals surface area contributed by atoms with E-state index in [4.69, 9.17) is 16.3 Å². The molecule has 3 aromatic carbocycles. The van der Waals surface area contributed by atoms with Gasteiger partial charge in [0.1, 0.15) is 10.6 Å². The molecular formula is C27H29ClN4O4S. The Morgan fingerprint density at radius 3 is 2.24 bits per heavy atom. The lowest BCUT2D eigenvalue weighted by molar-refractivity contribution is 0.226. The van der Waals surface area contributed by atoms with Crippen molar-refractivity contribution in [2.45, 2.75) is 18.0 Å². The average molecular weight is 541 g/mol. The summed E-state index contributed by atoms with van der Waals surface area (Å²) in [6, 6.07) is 19.3. The number of fused-ring (bicyclic) bond motifs is 1. The summed E-state index contributed by atoms with van der Waals surface area (Å²) >= 11 is 6.54. The van der Waals surface area contributed by atoms with Gasteiger partial charge in [-0.1, -0.05) is 60.1 Å². The van der Waals surface area contributed by atoms with Gasteiger partial charge >= 0.3 is 6.03 Å². The van der Waals surface area contributed by atoms with E-state index in [0.717, 1.165) is 23.0 Å². The number of urea groups is 1. The number of hydrogen-bond acceptors (Lipinski definition) is 6. The first kappa shape index (κ1) is 25.4. The fourth-order valence-electron chi connectivity index (χ4n) is 4.82. The van der Waals surface area contributed by atoms with Crippen LogP contribution in [0, 0.1) is 0 Å². The third-order valence-corrected chi connectivity index (χ3v) is 8.85. The van der Waals surface area contributed by atoms with Crippen LogP contribution in [-0.4, -0.2) is 64.0 Å². The van der Waals surface area contributed by atoms with Crippen molar-refractivity contribution in [3.8, 4) is 5.75 Å². The SMILES string of the molecule is COc1ccccc1CN1C(=O)N(Cc2ccccc2)c2cc(Cl)cc(N3CCN(C)CC3)c2S1(=O)=O. The minimum atomic E-state index is -4.22. The topological polar surface area (TPSA) is 73.4 Å². The van der Waals surface area contributed by atoms with Crippen LogP contribution in [0.15, 0.2) is 71.6 Å². The van der Waals surface area contributed by atoms with E-state index in [2.05, 4.69) is 4.90 Å². The molecule has 37 heavy (non-hydrogen) atoms. The Bertz CT molecular complexity index is 1410. The van der Waals surface area contributed by atoms with Gasteiger partial charge in [-0.2, -0.15) is 0 Å². The Kier molecular flexibility index (Phi) is 7.02. The van der Waals surface area contributed by atoms with E-state index >= 15 is 0 Å². The number of benzene rings is 3. The summed E-state index contributed by atoms with van der Waals surface area (Å²) in [6.07, 6.45) is 0. The lowest BCUT2D eigenvalue weighted by Crippen LogP contribution is -2.51. The predicted octanol–water partition coefficient (Wildman–Crippen LogP) is 4.43. The molecule has 0 unspecified atom stereocenters. The zero-order valence-corrected chi connectivity index (χ0v) is 22.4. The second kappa shape index (κ2) is 10.2. The van der Waals surface area contributed by atoms with Crippen molar-refractivity contribution in [3.63, 3.8) is 0 Å². The maximum Gasteiger partial charge on any atom is 0.339 e. The van der Waals surface area contributed by atoms with Crippen LogP contribution in [0.2, 0.25) is 5.02 Å². The molecule has 1 fully saturated rings. The molecule has 0 atom stereocenters. The third kappa shape index (κ3) is 4.86. The van der Waals surface area contributed by atoms with Crippen LogP contribution in [-0.2, 0) is 23.1 Å². The number of methoxy groups -OCH3 is 1. The van der Waals surface area contributed by atoms with Gasteiger partial charge in [-0.15, -0.1) is 0 Å². The first-order valence-electron chi connectivity index (χ1n) is 12.1. The van der Waals surface area contributed by atoms with Gasteiger partial charge in [0.25, 0.3) is 10.0 Å². The number of carbonyl (C=O) groups excluding carboxylic acids is 1. The molecule has 2 aliphatic rings. The molecule has 0 aromatic heterocycles. The van der Waals surface area contributed by atoms with Gasteiger partial charge in [-0.25, -0.2) is 17.5 Å². The maximum absolute atomic E-state index is 14.2. The zero-order chi connectivity index (χ0) is 26.2. The molecule has 1 saturated heterocycles. The van der Waals surface area contributed by atoms with Crippen LogP contribution in [0.3, 0.4) is 0 Å². The van der Waals surface area contributed by atoms with Gasteiger partial charge in [0.15, 0.2) is 0 Å². The average Bonchev–Trinajstić information content (AvgIpc) is 2.90. The van der Waals surface area contributed by atoms with Gasteiger partial charge in [0.2, 0.25) is 0 Å². The number of amides is 2. The highest BCUT2D eigenvalue weighted by Crippen LogP contribution is 2.44. The fraction of sp³-hybridized carbons (Fsp3) is 0.296. The number of rotatable bonds is 6. The molecule has 194 valence electrons. The highest BCUT2D eigenvalue weighted by molar-refractivity contribution is 7.90. The number of halogens is 1. The Labute approximate surface area is 222 Å². The molecule has 0 aliphatic carbocycles. The number of nitrogens with zero attached hydrogens (tertiary/aromatic N) is 4. The summed E-state index contributed by atoms with van der Waals surface area (Å²) in [5, 5.41) is 0.381. The quantitative estimate of drug-likeness (QED) is 0.460. The van der Waals surface area contributed by atoms with Crippen molar-refractivity contribution in [3.05, 3.63) is 82.9 Å². The normalized spacial score (nSPS) is 17.6. The van der Waals surface area contributed by atoms with Crippen LogP contribution >= 0.6 is 11.6 Å². The van der Waals surface area contributed by atoms with E-state index in [9.17, 15) is 13.2 Å². The smallest absolute Gasteiger partial charge is 0.339 e. The van der Waals surface area contributed by atoms with Gasteiger partial charge in [0, 0.05) is 36.8 Å². The molecule has 2 heterocycles. The summed E-state index contributed by atoms with van der Waals surface area (Å²) < 4.78 is 34.8. The highest BCUT2D eigenvalue weighted by Gasteiger charge is 2.44. The summed E-state index contributed by atoms with van der Waals surface area (Å²) in [5.41, 5.74) is 2.29. The molecule has 0 spiro atoms. The van der Waals surface area contributed by atoms with E-state index in [1.165, 1.54) is 12.0 Å². The number of ether oxygens (including phenoxy) is 1. The third-order valence-electron chi connectivity index (χ3n) is 6.83. The van der Waals surface area contributed by atoms with Crippen molar-refractivity contribution in [2.75, 3.05) is 50.1 Å². The van der Waals surface area contributed by atoms with Gasteiger partial charge in [-0.05, 0) is 30.8 Å². The van der Waals surface area contributed by atoms with E-state index in [0.29, 0.717) is 40.8 Å². The monoisotopic (exact) mass is 540 g/mol. The van der Waals surface area contributed by atoms with E-state index in [1.54, 1.807) is 36.4 Å². The number of hydrogen-bond donors (Lipinski definition) is 0. The molecule has 10 heteroatoms. The first-order chi connectivity index (χ1) is 17.8. The summed E-state index contributed by atoms with van der Waals surface area (Å²) in [6.45, 7) is 2.93. The standard InChI is InChI=1S/C27H29ClN4O4S/c1-29-12-14-30(15-13-29)23-16-22(28)17-24-26(23)37(34,35)32(19-21-10-6-7-11-25(21)36-2)27(33)31(24)18-20-8-4-3-5-9-20/h3-11,16-17H,12-15,18-19H2,1-2H3. The number of carbonyl (C=O) groups is 1. The largest absolute Gasteiger partial charge is 0.496 e. The molecule has 5 rings (SSSR count). The fourth-order valence-corrected chi connectivity index (χ4v) is 6.75. The van der Waals surface area contributed by atoms with Gasteiger partial charge < -0.3 is 14.5 Å². The van der Waals surface area contributed by atoms with Crippen LogP contribution in [0.25, 0.3) is 0 Å². The summed E-state index contributed by atoms with van der Waals surface area (Å²) in [4.78, 5) is 19.8. The van der Waals surface area contributed by atoms with Crippen LogP contribution in [0.1, 0.15) is 11.1 Å². The first-order valence-corrected chi connectivity index (χ1v) is 13.9. The Balaban J connectivity index is 1.67. The molecule has 0 saturated carbocycles. The molecular weight excluding hydrogens is 512 g/mol. The number of para-hydroxylation sites is 1. The number of likely N-dealkylation sites (N-methyl/N-ethyl adjacent to an activating group) is 1. The predicted molar refractivity (Wildman–Crippen MR) is 145 cm³/mol. The lowest BCUT2D eigenvalue weighted by Gasteiger charge is -2.40. The van der Waals surface area contributed by atoms with Crippen LogP contribution < -0.4 is 14.5 Å². The molecule has 0 radical (unpaired) electrons. The second-order valence-electron chi connectivity index (χ2n) is 9.24. The number of anilines is 2. The zero-order valence-electron chi connectivity index (χ0n) is 20.8. The van der Waals surface area contributed by atoms with Crippen molar-refractivity contribution in [1.82, 2.24) is 9.21 Å². The van der Waals surface area contributed by atoms with Crippen LogP contribution in [0.4, 0.5) is 16.2 Å². The Hall–Kier alpha value is -3.27. The van der Waals surface area contributed by atoms with Crippen LogP contribution in [0.5, 0.6) is 5.75 Å². The lowest BCUT2D eigenvalue weighted by atomic mass is 10.1. The number of sulfonamides is 1. The maximum atomic E-state index is 14.2. The Morgan fingerprint density at radius 2 is 1.54 bits per heavy atom. The minimum absolute atomic E-state index is 0.104. The summed E-state index contributed by atoms with van der Waals surface area (Å²) in [7, 11) is -0.656. The van der Waals surface area contributed by atoms with E-state index < -0.39 is 16.1 Å². The summed E-state index contributed by atoms with van der Waals surface area (Å²) in [5.74, 6) is 0.515. The van der Waals surface area contributed by atoms with Crippen molar-refractivity contribution in [1.29, 1.82) is 0 Å².